The van der Waals surface area contributed by atoms with Gasteiger partial charge in [0, 0.05) is 11.3 Å². The van der Waals surface area contributed by atoms with E-state index >= 15 is 0 Å². The molecule has 1 heterocycles. The van der Waals surface area contributed by atoms with Crippen molar-refractivity contribution >= 4 is 11.5 Å². The van der Waals surface area contributed by atoms with Crippen LogP contribution in [0.3, 0.4) is 0 Å². The highest BCUT2D eigenvalue weighted by Gasteiger charge is 2.20. The molecule has 0 amide bonds. The highest BCUT2D eigenvalue weighted by Crippen LogP contribution is 2.29. The predicted octanol–water partition coefficient (Wildman–Crippen LogP) is 3.00. The summed E-state index contributed by atoms with van der Waals surface area (Å²) < 4.78 is 0. The third-order valence-corrected chi connectivity index (χ3v) is 3.67. The second-order valence-corrected chi connectivity index (χ2v) is 5.13. The number of anilines is 1. The predicted molar refractivity (Wildman–Crippen MR) is 70.3 cm³/mol. The monoisotopic (exact) mass is 249 g/mol. The number of nitrogens with zero attached hydrogens (tertiary/aromatic N) is 2. The van der Waals surface area contributed by atoms with Crippen LogP contribution in [0.4, 0.5) is 11.5 Å². The number of nitrogens with two attached hydrogens (primary N) is 1. The standard InChI is InChI=1S/C13H19N3O2/c1-9-7-11(8-10-5-3-2-4-6-10)15-13(14)12(9)16(17)18/h7,10H,2-6,8H2,1H3,(H2,14,15). The molecule has 2 N–H and O–H groups in total. The first-order chi connectivity index (χ1) is 8.58. The van der Waals surface area contributed by atoms with Crippen molar-refractivity contribution in [2.45, 2.75) is 45.4 Å². The highest BCUT2D eigenvalue weighted by molar-refractivity contribution is 5.57. The minimum absolute atomic E-state index is 0.0470. The van der Waals surface area contributed by atoms with Gasteiger partial charge in [0.05, 0.1) is 4.92 Å². The van der Waals surface area contributed by atoms with Crippen LogP contribution in [0.15, 0.2) is 6.07 Å². The van der Waals surface area contributed by atoms with Crippen molar-refractivity contribution in [2.75, 3.05) is 5.73 Å². The van der Waals surface area contributed by atoms with Gasteiger partial charge < -0.3 is 5.73 Å². The topological polar surface area (TPSA) is 82.0 Å². The van der Waals surface area contributed by atoms with E-state index < -0.39 is 4.92 Å². The quantitative estimate of drug-likeness (QED) is 0.659. The lowest BCUT2D eigenvalue weighted by atomic mass is 9.86. The normalized spacial score (nSPS) is 16.7. The Morgan fingerprint density at radius 1 is 1.44 bits per heavy atom. The van der Waals surface area contributed by atoms with Gasteiger partial charge in [-0.15, -0.1) is 0 Å². The molecule has 1 aromatic rings. The maximum absolute atomic E-state index is 10.8. The minimum atomic E-state index is -0.456. The molecule has 0 unspecified atom stereocenters. The van der Waals surface area contributed by atoms with Gasteiger partial charge in [-0.2, -0.15) is 0 Å². The lowest BCUT2D eigenvalue weighted by molar-refractivity contribution is -0.384. The zero-order valence-electron chi connectivity index (χ0n) is 10.7. The molecule has 0 saturated heterocycles. The van der Waals surface area contributed by atoms with Crippen molar-refractivity contribution < 1.29 is 4.92 Å². The van der Waals surface area contributed by atoms with Crippen LogP contribution in [0.2, 0.25) is 0 Å². The second kappa shape index (κ2) is 5.33. The Morgan fingerprint density at radius 2 is 2.11 bits per heavy atom. The van der Waals surface area contributed by atoms with Gasteiger partial charge in [0.25, 0.3) is 0 Å². The lowest BCUT2D eigenvalue weighted by Crippen LogP contribution is -2.12. The maximum atomic E-state index is 10.8. The fourth-order valence-electron chi connectivity index (χ4n) is 2.79. The summed E-state index contributed by atoms with van der Waals surface area (Å²) in [6.07, 6.45) is 7.25. The zero-order valence-corrected chi connectivity index (χ0v) is 10.7. The van der Waals surface area contributed by atoms with E-state index in [1.807, 2.05) is 6.07 Å². The summed E-state index contributed by atoms with van der Waals surface area (Å²) in [6, 6.07) is 1.81. The third kappa shape index (κ3) is 2.78. The van der Waals surface area contributed by atoms with Crippen molar-refractivity contribution in [3.8, 4) is 0 Å². The average Bonchev–Trinajstić information content (AvgIpc) is 2.28. The SMILES string of the molecule is Cc1cc(CC2CCCCC2)nc(N)c1[N+](=O)[O-]. The Hall–Kier alpha value is -1.65. The van der Waals surface area contributed by atoms with Crippen LogP contribution in [0, 0.1) is 23.0 Å². The van der Waals surface area contributed by atoms with E-state index in [9.17, 15) is 10.1 Å². The molecule has 2 rings (SSSR count). The van der Waals surface area contributed by atoms with Crippen LogP contribution in [0.5, 0.6) is 0 Å². The molecule has 1 fully saturated rings. The molecule has 18 heavy (non-hydrogen) atoms. The smallest absolute Gasteiger partial charge is 0.314 e. The molecule has 0 radical (unpaired) electrons. The summed E-state index contributed by atoms with van der Waals surface area (Å²) in [5, 5.41) is 10.8. The van der Waals surface area contributed by atoms with Crippen LogP contribution in [0.25, 0.3) is 0 Å². The van der Waals surface area contributed by atoms with Gasteiger partial charge >= 0.3 is 5.69 Å². The van der Waals surface area contributed by atoms with E-state index in [4.69, 9.17) is 5.73 Å². The molecule has 5 heteroatoms. The van der Waals surface area contributed by atoms with Gasteiger partial charge in [-0.1, -0.05) is 32.1 Å². The first-order valence-corrected chi connectivity index (χ1v) is 6.48. The fourth-order valence-corrected chi connectivity index (χ4v) is 2.79. The molecule has 0 spiro atoms. The van der Waals surface area contributed by atoms with Crippen LogP contribution < -0.4 is 5.73 Å². The van der Waals surface area contributed by atoms with Crippen LogP contribution in [-0.4, -0.2) is 9.91 Å². The molecule has 1 saturated carbocycles. The van der Waals surface area contributed by atoms with E-state index in [2.05, 4.69) is 4.98 Å². The summed E-state index contributed by atoms with van der Waals surface area (Å²) in [7, 11) is 0. The van der Waals surface area contributed by atoms with E-state index in [0.29, 0.717) is 11.5 Å². The van der Waals surface area contributed by atoms with Gasteiger partial charge in [-0.05, 0) is 25.3 Å². The van der Waals surface area contributed by atoms with Gasteiger partial charge in [0.1, 0.15) is 0 Å². The lowest BCUT2D eigenvalue weighted by Gasteiger charge is -2.21. The maximum Gasteiger partial charge on any atom is 0.314 e. The minimum Gasteiger partial charge on any atom is -0.378 e. The number of aromatic nitrogens is 1. The summed E-state index contributed by atoms with van der Waals surface area (Å²) in [5.41, 5.74) is 7.12. The Balaban J connectivity index is 2.17. The number of nitro groups is 1. The van der Waals surface area contributed by atoms with E-state index in [1.165, 1.54) is 32.1 Å². The molecular weight excluding hydrogens is 230 g/mol. The van der Waals surface area contributed by atoms with Crippen LogP contribution >= 0.6 is 0 Å². The largest absolute Gasteiger partial charge is 0.378 e. The second-order valence-electron chi connectivity index (χ2n) is 5.13. The van der Waals surface area contributed by atoms with Crippen molar-refractivity contribution in [1.29, 1.82) is 0 Å². The molecule has 1 aromatic heterocycles. The number of hydrogen-bond acceptors (Lipinski definition) is 4. The van der Waals surface area contributed by atoms with Crippen molar-refractivity contribution in [1.82, 2.24) is 4.98 Å². The van der Waals surface area contributed by atoms with Crippen molar-refractivity contribution in [3.05, 3.63) is 27.4 Å². The van der Waals surface area contributed by atoms with E-state index in [-0.39, 0.29) is 11.5 Å². The van der Waals surface area contributed by atoms with E-state index in [1.54, 1.807) is 6.92 Å². The number of aryl methyl sites for hydroxylation is 1. The molecule has 0 bridgehead atoms. The molecule has 0 atom stereocenters. The van der Waals surface area contributed by atoms with E-state index in [0.717, 1.165) is 12.1 Å². The van der Waals surface area contributed by atoms with Crippen molar-refractivity contribution in [2.24, 2.45) is 5.92 Å². The van der Waals surface area contributed by atoms with Crippen LogP contribution in [0.1, 0.15) is 43.4 Å². The fraction of sp³-hybridized carbons (Fsp3) is 0.615. The molecule has 0 aliphatic heterocycles. The summed E-state index contributed by atoms with van der Waals surface area (Å²) in [5.74, 6) is 0.706. The molecule has 1 aliphatic rings. The Kier molecular flexibility index (Phi) is 3.79. The van der Waals surface area contributed by atoms with Crippen molar-refractivity contribution in [3.63, 3.8) is 0 Å². The van der Waals surface area contributed by atoms with Gasteiger partial charge in [0.15, 0.2) is 0 Å². The molecule has 1 aliphatic carbocycles. The first-order valence-electron chi connectivity index (χ1n) is 6.48. The third-order valence-electron chi connectivity index (χ3n) is 3.67. The van der Waals surface area contributed by atoms with Gasteiger partial charge in [-0.25, -0.2) is 4.98 Å². The average molecular weight is 249 g/mol. The molecule has 0 aromatic carbocycles. The Morgan fingerprint density at radius 3 is 2.67 bits per heavy atom. The number of nitrogen functional groups attached to an aromatic ring is 1. The Labute approximate surface area is 107 Å². The number of rotatable bonds is 3. The Bertz CT molecular complexity index is 431. The summed E-state index contributed by atoms with van der Waals surface area (Å²) in [4.78, 5) is 14.6. The summed E-state index contributed by atoms with van der Waals surface area (Å²) >= 11 is 0. The number of pyridine rings is 1. The molecule has 98 valence electrons. The summed E-state index contributed by atoms with van der Waals surface area (Å²) in [6.45, 7) is 1.72. The zero-order chi connectivity index (χ0) is 13.1. The first kappa shape index (κ1) is 12.8. The highest BCUT2D eigenvalue weighted by atomic mass is 16.6. The van der Waals surface area contributed by atoms with Gasteiger partial charge in [-0.3, -0.25) is 10.1 Å². The molecular formula is C13H19N3O2. The molecule has 5 nitrogen and oxygen atoms in total. The van der Waals surface area contributed by atoms with Crippen LogP contribution in [-0.2, 0) is 6.42 Å². The number of hydrogen-bond donors (Lipinski definition) is 1. The van der Waals surface area contributed by atoms with Gasteiger partial charge in [0.2, 0.25) is 5.82 Å².